The maximum absolute atomic E-state index is 13.0. The van der Waals surface area contributed by atoms with Gasteiger partial charge in [-0.2, -0.15) is 0 Å². The zero-order chi connectivity index (χ0) is 67.5. The van der Waals surface area contributed by atoms with E-state index in [0.717, 1.165) is 128 Å². The first-order valence-corrected chi connectivity index (χ1v) is 38.8. The lowest BCUT2D eigenvalue weighted by Gasteiger charge is -2.21. The molecule has 3 N–H and O–H groups in total. The van der Waals surface area contributed by atoms with Crippen LogP contribution in [0.1, 0.15) is 297 Å². The summed E-state index contributed by atoms with van der Waals surface area (Å²) in [6, 6.07) is 0. The van der Waals surface area contributed by atoms with E-state index >= 15 is 0 Å². The highest BCUT2D eigenvalue weighted by Gasteiger charge is 2.30. The first kappa shape index (κ1) is 88.2. The molecule has 0 amide bonds. The van der Waals surface area contributed by atoms with Gasteiger partial charge in [-0.15, -0.1) is 0 Å². The van der Waals surface area contributed by atoms with E-state index in [4.69, 9.17) is 37.0 Å². The Kier molecular flexibility index (Phi) is 63.2. The van der Waals surface area contributed by atoms with Crippen LogP contribution in [-0.2, 0) is 65.4 Å². The van der Waals surface area contributed by atoms with E-state index in [1.165, 1.54) is 89.9 Å². The average molecular weight is 1340 g/mol. The minimum absolute atomic E-state index is 0.0658. The maximum Gasteiger partial charge on any atom is 0.472 e. The molecular formula is C73H128O17P2. The number of phosphoric acid groups is 2. The van der Waals surface area contributed by atoms with Gasteiger partial charge in [-0.25, -0.2) is 9.13 Å². The molecule has 0 aromatic carbocycles. The van der Waals surface area contributed by atoms with Crippen molar-refractivity contribution in [2.45, 2.75) is 316 Å². The van der Waals surface area contributed by atoms with E-state index in [1.54, 1.807) is 6.08 Å². The number of allylic oxidation sites excluding steroid dienone is 13. The highest BCUT2D eigenvalue weighted by atomic mass is 31.2. The molecule has 5 unspecified atom stereocenters. The summed E-state index contributed by atoms with van der Waals surface area (Å²) in [5, 5.41) is 10.6. The van der Waals surface area contributed by atoms with Crippen molar-refractivity contribution in [1.29, 1.82) is 0 Å². The van der Waals surface area contributed by atoms with Crippen LogP contribution in [0.15, 0.2) is 85.1 Å². The number of phosphoric ester groups is 2. The molecule has 19 heteroatoms. The molecule has 0 aromatic rings. The molecular weight excluding hydrogens is 1210 g/mol. The molecule has 5 atom stereocenters. The third-order valence-electron chi connectivity index (χ3n) is 14.9. The van der Waals surface area contributed by atoms with Crippen molar-refractivity contribution in [3.05, 3.63) is 85.1 Å². The van der Waals surface area contributed by atoms with Gasteiger partial charge in [0.05, 0.1) is 32.8 Å². The fourth-order valence-corrected chi connectivity index (χ4v) is 11.0. The van der Waals surface area contributed by atoms with Gasteiger partial charge >= 0.3 is 39.5 Å². The van der Waals surface area contributed by atoms with Crippen LogP contribution in [0.4, 0.5) is 0 Å². The van der Waals surface area contributed by atoms with Crippen molar-refractivity contribution >= 4 is 39.5 Å². The topological polar surface area (TPSA) is 237 Å². The molecule has 532 valence electrons. The SMILES string of the molecule is CC/C=C\C/C=C\C/C=C\C/C=C\C/C=C\CC(=O)OCC(COP(=O)(O)OCC(O)COP(=O)(O)OCC(COC(=O)CCCCCCC/C=C\CCCCCC)OC(=O)CCCCCCCCCCCCCCC)OC(=O)CCCCCCC/C=C\CCCC. The lowest BCUT2D eigenvalue weighted by molar-refractivity contribution is -0.161. The number of hydrogen-bond acceptors (Lipinski definition) is 15. The van der Waals surface area contributed by atoms with E-state index in [1.807, 2.05) is 18.2 Å². The highest BCUT2D eigenvalue weighted by molar-refractivity contribution is 7.47. The average Bonchev–Trinajstić information content (AvgIpc) is 2.24. The Morgan fingerprint density at radius 3 is 1.00 bits per heavy atom. The van der Waals surface area contributed by atoms with Crippen LogP contribution in [0.25, 0.3) is 0 Å². The smallest absolute Gasteiger partial charge is 0.462 e. The largest absolute Gasteiger partial charge is 0.472 e. The van der Waals surface area contributed by atoms with Crippen LogP contribution in [0, 0.1) is 0 Å². The van der Waals surface area contributed by atoms with Crippen LogP contribution in [0.5, 0.6) is 0 Å². The van der Waals surface area contributed by atoms with Crippen LogP contribution in [0.3, 0.4) is 0 Å². The summed E-state index contributed by atoms with van der Waals surface area (Å²) >= 11 is 0. The zero-order valence-corrected chi connectivity index (χ0v) is 59.5. The summed E-state index contributed by atoms with van der Waals surface area (Å²) in [7, 11) is -9.95. The van der Waals surface area contributed by atoms with Crippen molar-refractivity contribution in [1.82, 2.24) is 0 Å². The third-order valence-corrected chi connectivity index (χ3v) is 16.8. The quantitative estimate of drug-likeness (QED) is 0.0169. The maximum atomic E-state index is 13.0. The molecule has 0 aliphatic heterocycles. The first-order chi connectivity index (χ1) is 44.7. The summed E-state index contributed by atoms with van der Waals surface area (Å²) < 4.78 is 68.1. The van der Waals surface area contributed by atoms with Gasteiger partial charge < -0.3 is 33.8 Å². The zero-order valence-electron chi connectivity index (χ0n) is 57.7. The minimum Gasteiger partial charge on any atom is -0.462 e. The Balaban J connectivity index is 5.37. The summed E-state index contributed by atoms with van der Waals surface area (Å²) in [4.78, 5) is 72.5. The molecule has 0 heterocycles. The van der Waals surface area contributed by atoms with Gasteiger partial charge in [-0.05, 0) is 96.3 Å². The minimum atomic E-state index is -4.98. The monoisotopic (exact) mass is 1340 g/mol. The Labute approximate surface area is 557 Å². The van der Waals surface area contributed by atoms with Gasteiger partial charge in [0, 0.05) is 19.3 Å². The standard InChI is InChI=1S/C73H128O17P2/c1-5-9-13-17-21-25-29-32-33-36-39-42-46-50-54-58-71(76)84-63-68(89-72(77)59-55-51-47-43-37-28-24-20-16-12-8-4)65-87-91(79,80)85-61-67(74)62-86-92(81,82)88-66-69(90-73(78)60-56-52-48-44-40-35-31-27-23-19-15-11-7-3)64-83-70(75)57-53-49-45-41-38-34-30-26-22-18-14-10-6-2/h9,13,20-21,24-26,30,32-33,39,42,50,54,67-69,74H,5-8,10-12,14-19,22-23,27-29,31,34-38,40-41,43-49,51-53,55-66H2,1-4H3,(H,79,80)(H,81,82)/b13-9-,24-20-,25-21-,30-26-,33-32-,42-39-,54-50-. The second-order valence-corrected chi connectivity index (χ2v) is 26.7. The van der Waals surface area contributed by atoms with Gasteiger partial charge in [-0.3, -0.25) is 37.3 Å². The molecule has 0 radical (unpaired) electrons. The number of esters is 4. The number of aliphatic hydroxyl groups excluding tert-OH is 1. The van der Waals surface area contributed by atoms with Crippen molar-refractivity contribution in [2.24, 2.45) is 0 Å². The Morgan fingerprint density at radius 2 is 0.620 bits per heavy atom. The van der Waals surface area contributed by atoms with E-state index < -0.39 is 97.5 Å². The molecule has 17 nitrogen and oxygen atoms in total. The van der Waals surface area contributed by atoms with E-state index in [-0.39, 0.29) is 25.7 Å². The predicted octanol–water partition coefficient (Wildman–Crippen LogP) is 19.9. The van der Waals surface area contributed by atoms with Crippen molar-refractivity contribution < 1.29 is 80.2 Å². The molecule has 0 saturated carbocycles. The molecule has 92 heavy (non-hydrogen) atoms. The first-order valence-electron chi connectivity index (χ1n) is 35.8. The molecule has 0 saturated heterocycles. The molecule has 0 spiro atoms. The van der Waals surface area contributed by atoms with Gasteiger partial charge in [0.2, 0.25) is 0 Å². The molecule has 0 aliphatic carbocycles. The predicted molar refractivity (Wildman–Crippen MR) is 372 cm³/mol. The number of aliphatic hydroxyl groups is 1. The second-order valence-electron chi connectivity index (χ2n) is 23.8. The summed E-state index contributed by atoms with van der Waals surface area (Å²) in [5.74, 6) is -2.33. The van der Waals surface area contributed by atoms with Crippen LogP contribution < -0.4 is 0 Å². The lowest BCUT2D eigenvalue weighted by Crippen LogP contribution is -2.30. The molecule has 0 rings (SSSR count). The molecule has 0 aliphatic rings. The Morgan fingerprint density at radius 1 is 0.326 bits per heavy atom. The highest BCUT2D eigenvalue weighted by Crippen LogP contribution is 2.45. The summed E-state index contributed by atoms with van der Waals surface area (Å²) in [6.45, 7) is 4.57. The number of carbonyl (C=O) groups is 4. The van der Waals surface area contributed by atoms with Crippen molar-refractivity contribution in [3.63, 3.8) is 0 Å². The van der Waals surface area contributed by atoms with E-state index in [2.05, 4.69) is 88.5 Å². The normalized spacial score (nSPS) is 14.6. The number of hydrogen-bond donors (Lipinski definition) is 3. The number of ether oxygens (including phenoxy) is 4. The third kappa shape index (κ3) is 64.9. The fourth-order valence-electron chi connectivity index (χ4n) is 9.39. The van der Waals surface area contributed by atoms with Gasteiger partial charge in [0.15, 0.2) is 12.2 Å². The van der Waals surface area contributed by atoms with Crippen molar-refractivity contribution in [3.8, 4) is 0 Å². The van der Waals surface area contributed by atoms with E-state index in [9.17, 15) is 43.2 Å². The number of unbranched alkanes of at least 4 members (excludes halogenated alkanes) is 28. The van der Waals surface area contributed by atoms with Gasteiger partial charge in [0.25, 0.3) is 0 Å². The molecule has 0 fully saturated rings. The van der Waals surface area contributed by atoms with Crippen LogP contribution in [-0.4, -0.2) is 96.7 Å². The fraction of sp³-hybridized carbons (Fsp3) is 0.753. The van der Waals surface area contributed by atoms with Crippen LogP contribution >= 0.6 is 15.6 Å². The number of rotatable bonds is 67. The molecule has 0 bridgehead atoms. The Bertz CT molecular complexity index is 2090. The number of carbonyl (C=O) groups excluding carboxylic acids is 4. The molecule has 0 aromatic heterocycles. The van der Waals surface area contributed by atoms with Crippen LogP contribution in [0.2, 0.25) is 0 Å². The second kappa shape index (κ2) is 65.9. The van der Waals surface area contributed by atoms with E-state index in [0.29, 0.717) is 25.7 Å². The summed E-state index contributed by atoms with van der Waals surface area (Å²) in [6.07, 6.45) is 64.8. The summed E-state index contributed by atoms with van der Waals surface area (Å²) in [5.41, 5.74) is 0. The van der Waals surface area contributed by atoms with Gasteiger partial charge in [0.1, 0.15) is 19.3 Å². The van der Waals surface area contributed by atoms with Gasteiger partial charge in [-0.1, -0.05) is 260 Å². The van der Waals surface area contributed by atoms with Crippen molar-refractivity contribution in [2.75, 3.05) is 39.6 Å². The lowest BCUT2D eigenvalue weighted by atomic mass is 10.0. The Hall–Kier alpha value is -3.76.